The number of rotatable bonds is 8. The highest BCUT2D eigenvalue weighted by atomic mass is 16.4. The molecule has 1 saturated heterocycles. The number of likely N-dealkylation sites (tertiary alicyclic amines) is 1. The maximum atomic E-state index is 10.8. The van der Waals surface area contributed by atoms with Crippen molar-refractivity contribution >= 4 is 5.97 Å². The molecule has 1 aliphatic heterocycles. The fourth-order valence-corrected chi connectivity index (χ4v) is 3.02. The number of likely N-dealkylation sites (N-methyl/N-ethyl adjacent to an activating group) is 1. The molecule has 0 aromatic heterocycles. The van der Waals surface area contributed by atoms with E-state index in [9.17, 15) is 4.79 Å². The molecule has 2 atom stereocenters. The van der Waals surface area contributed by atoms with Gasteiger partial charge in [-0.1, -0.05) is 20.8 Å². The summed E-state index contributed by atoms with van der Waals surface area (Å²) in [7, 11) is 0. The lowest BCUT2D eigenvalue weighted by molar-refractivity contribution is -0.138. The van der Waals surface area contributed by atoms with Crippen molar-refractivity contribution < 1.29 is 9.90 Å². The lowest BCUT2D eigenvalue weighted by Crippen LogP contribution is -2.42. The molecule has 112 valence electrons. The van der Waals surface area contributed by atoms with Gasteiger partial charge >= 0.3 is 5.97 Å². The summed E-state index contributed by atoms with van der Waals surface area (Å²) in [5, 5.41) is 8.90. The van der Waals surface area contributed by atoms with Gasteiger partial charge in [-0.05, 0) is 44.3 Å². The van der Waals surface area contributed by atoms with Crippen LogP contribution in [0.4, 0.5) is 0 Å². The molecule has 4 heteroatoms. The van der Waals surface area contributed by atoms with Gasteiger partial charge in [0.25, 0.3) is 0 Å². The lowest BCUT2D eigenvalue weighted by atomic mass is 9.85. The van der Waals surface area contributed by atoms with Gasteiger partial charge in [0.15, 0.2) is 0 Å². The second kappa shape index (κ2) is 8.54. The van der Waals surface area contributed by atoms with Gasteiger partial charge in [0.2, 0.25) is 0 Å². The minimum Gasteiger partial charge on any atom is -0.481 e. The Morgan fingerprint density at radius 2 is 2.11 bits per heavy atom. The minimum absolute atomic E-state index is 0.300. The molecular formula is C15H30N2O2. The van der Waals surface area contributed by atoms with Crippen LogP contribution in [0, 0.1) is 11.8 Å². The first kappa shape index (κ1) is 16.4. The summed E-state index contributed by atoms with van der Waals surface area (Å²) in [6.45, 7) is 13.2. The van der Waals surface area contributed by atoms with Gasteiger partial charge in [0.05, 0.1) is 0 Å². The highest BCUT2D eigenvalue weighted by Crippen LogP contribution is 2.25. The third kappa shape index (κ3) is 5.91. The topological polar surface area (TPSA) is 43.8 Å². The summed E-state index contributed by atoms with van der Waals surface area (Å²) in [4.78, 5) is 15.8. The zero-order chi connectivity index (χ0) is 14.3. The highest BCUT2D eigenvalue weighted by molar-refractivity contribution is 5.66. The molecule has 0 aromatic carbocycles. The van der Waals surface area contributed by atoms with E-state index in [1.54, 1.807) is 0 Å². The van der Waals surface area contributed by atoms with E-state index in [0.717, 1.165) is 32.7 Å². The number of carboxylic acids is 1. The molecule has 0 amide bonds. The number of carbonyl (C=O) groups is 1. The van der Waals surface area contributed by atoms with Crippen LogP contribution in [0.5, 0.6) is 0 Å². The Morgan fingerprint density at radius 1 is 1.42 bits per heavy atom. The van der Waals surface area contributed by atoms with Crippen LogP contribution in [0.1, 0.15) is 40.0 Å². The van der Waals surface area contributed by atoms with Crippen LogP contribution >= 0.6 is 0 Å². The van der Waals surface area contributed by atoms with Crippen LogP contribution in [-0.4, -0.2) is 60.1 Å². The van der Waals surface area contributed by atoms with Crippen molar-refractivity contribution in [1.29, 1.82) is 0 Å². The average Bonchev–Trinajstić information content (AvgIpc) is 2.39. The van der Waals surface area contributed by atoms with E-state index >= 15 is 0 Å². The molecule has 19 heavy (non-hydrogen) atoms. The standard InChI is InChI=1S/C15H30N2O2/c1-4-16(5-2)9-10-17-8-6-7-14(12-17)13(3)11-15(18)19/h13-14H,4-12H2,1-3H3,(H,18,19). The van der Waals surface area contributed by atoms with E-state index in [2.05, 4.69) is 30.6 Å². The molecule has 0 spiro atoms. The minimum atomic E-state index is -0.659. The molecule has 0 aliphatic carbocycles. The first-order valence-electron chi connectivity index (χ1n) is 7.73. The molecule has 0 radical (unpaired) electrons. The molecule has 1 aliphatic rings. The van der Waals surface area contributed by atoms with E-state index in [1.165, 1.54) is 19.4 Å². The van der Waals surface area contributed by atoms with Gasteiger partial charge < -0.3 is 14.9 Å². The van der Waals surface area contributed by atoms with Gasteiger partial charge in [-0.3, -0.25) is 4.79 Å². The van der Waals surface area contributed by atoms with Gasteiger partial charge in [-0.15, -0.1) is 0 Å². The number of hydrogen-bond acceptors (Lipinski definition) is 3. The SMILES string of the molecule is CCN(CC)CCN1CCCC(C(C)CC(=O)O)C1. The monoisotopic (exact) mass is 270 g/mol. The Morgan fingerprint density at radius 3 is 2.68 bits per heavy atom. The van der Waals surface area contributed by atoms with E-state index in [-0.39, 0.29) is 0 Å². The molecule has 0 saturated carbocycles. The van der Waals surface area contributed by atoms with Crippen LogP contribution in [0.2, 0.25) is 0 Å². The molecule has 1 N–H and O–H groups in total. The molecule has 1 fully saturated rings. The third-order valence-corrected chi connectivity index (χ3v) is 4.47. The normalized spacial score (nSPS) is 22.6. The van der Waals surface area contributed by atoms with Crippen LogP contribution in [0.3, 0.4) is 0 Å². The number of aliphatic carboxylic acids is 1. The predicted molar refractivity (Wildman–Crippen MR) is 78.4 cm³/mol. The van der Waals surface area contributed by atoms with Gasteiger partial charge in [-0.2, -0.15) is 0 Å². The molecule has 2 unspecified atom stereocenters. The van der Waals surface area contributed by atoms with Crippen molar-refractivity contribution in [3.05, 3.63) is 0 Å². The van der Waals surface area contributed by atoms with E-state index < -0.39 is 5.97 Å². The summed E-state index contributed by atoms with van der Waals surface area (Å²) < 4.78 is 0. The van der Waals surface area contributed by atoms with E-state index in [0.29, 0.717) is 18.3 Å². The zero-order valence-electron chi connectivity index (χ0n) is 12.8. The van der Waals surface area contributed by atoms with Crippen molar-refractivity contribution in [2.24, 2.45) is 11.8 Å². The fourth-order valence-electron chi connectivity index (χ4n) is 3.02. The van der Waals surface area contributed by atoms with Gasteiger partial charge in [0, 0.05) is 26.1 Å². The third-order valence-electron chi connectivity index (χ3n) is 4.47. The molecular weight excluding hydrogens is 240 g/mol. The highest BCUT2D eigenvalue weighted by Gasteiger charge is 2.25. The van der Waals surface area contributed by atoms with Gasteiger partial charge in [0.1, 0.15) is 0 Å². The Kier molecular flexibility index (Phi) is 7.39. The van der Waals surface area contributed by atoms with Crippen LogP contribution in [0.15, 0.2) is 0 Å². The number of nitrogens with zero attached hydrogens (tertiary/aromatic N) is 2. The largest absolute Gasteiger partial charge is 0.481 e. The summed E-state index contributed by atoms with van der Waals surface area (Å²) in [5.74, 6) is 0.197. The van der Waals surface area contributed by atoms with Crippen LogP contribution in [-0.2, 0) is 4.79 Å². The van der Waals surface area contributed by atoms with Crippen LogP contribution in [0.25, 0.3) is 0 Å². The van der Waals surface area contributed by atoms with Crippen molar-refractivity contribution in [2.45, 2.75) is 40.0 Å². The summed E-state index contributed by atoms with van der Waals surface area (Å²) >= 11 is 0. The van der Waals surface area contributed by atoms with Crippen molar-refractivity contribution in [2.75, 3.05) is 39.3 Å². The summed E-state index contributed by atoms with van der Waals surface area (Å²) in [5.41, 5.74) is 0. The van der Waals surface area contributed by atoms with E-state index in [1.807, 2.05) is 0 Å². The Balaban J connectivity index is 2.35. The Hall–Kier alpha value is -0.610. The number of carboxylic acid groups (broad SMARTS) is 1. The van der Waals surface area contributed by atoms with Crippen molar-refractivity contribution in [3.63, 3.8) is 0 Å². The second-order valence-electron chi connectivity index (χ2n) is 5.80. The molecule has 0 bridgehead atoms. The lowest BCUT2D eigenvalue weighted by Gasteiger charge is -2.36. The maximum Gasteiger partial charge on any atom is 0.303 e. The van der Waals surface area contributed by atoms with Crippen molar-refractivity contribution in [3.8, 4) is 0 Å². The second-order valence-corrected chi connectivity index (χ2v) is 5.80. The summed E-state index contributed by atoms with van der Waals surface area (Å²) in [6, 6.07) is 0. The van der Waals surface area contributed by atoms with E-state index in [4.69, 9.17) is 5.11 Å². The quantitative estimate of drug-likeness (QED) is 0.734. The first-order chi connectivity index (χ1) is 9.06. The molecule has 4 nitrogen and oxygen atoms in total. The predicted octanol–water partition coefficient (Wildman–Crippen LogP) is 2.15. The Labute approximate surface area is 117 Å². The molecule has 1 rings (SSSR count). The molecule has 1 heterocycles. The van der Waals surface area contributed by atoms with Gasteiger partial charge in [-0.25, -0.2) is 0 Å². The van der Waals surface area contributed by atoms with Crippen LogP contribution < -0.4 is 0 Å². The van der Waals surface area contributed by atoms with Crippen molar-refractivity contribution in [1.82, 2.24) is 9.80 Å². The Bertz CT molecular complexity index is 267. The first-order valence-corrected chi connectivity index (χ1v) is 7.73. The number of piperidine rings is 1. The smallest absolute Gasteiger partial charge is 0.303 e. The average molecular weight is 270 g/mol. The fraction of sp³-hybridized carbons (Fsp3) is 0.933. The zero-order valence-corrected chi connectivity index (χ0v) is 12.8. The maximum absolute atomic E-state index is 10.8. The molecule has 0 aromatic rings. The summed E-state index contributed by atoms with van der Waals surface area (Å²) in [6.07, 6.45) is 2.72. The number of hydrogen-bond donors (Lipinski definition) is 1.